The molecule has 0 saturated heterocycles. The van der Waals surface area contributed by atoms with Crippen LogP contribution in [-0.2, 0) is 10.8 Å². The van der Waals surface area contributed by atoms with Crippen molar-refractivity contribution in [3.05, 3.63) is 82.9 Å². The van der Waals surface area contributed by atoms with E-state index in [1.165, 1.54) is 11.1 Å². The summed E-state index contributed by atoms with van der Waals surface area (Å²) in [6.45, 7) is 13.4. The third-order valence-electron chi connectivity index (χ3n) is 5.22. The molecule has 3 rings (SSSR count). The first-order valence-corrected chi connectivity index (χ1v) is 10.9. The van der Waals surface area contributed by atoms with Crippen LogP contribution < -0.4 is 10.6 Å². The zero-order valence-corrected chi connectivity index (χ0v) is 19.9. The van der Waals surface area contributed by atoms with E-state index in [2.05, 4.69) is 76.4 Å². The lowest BCUT2D eigenvalue weighted by Crippen LogP contribution is -2.19. The van der Waals surface area contributed by atoms with Gasteiger partial charge in [-0.3, -0.25) is 0 Å². The molecule has 0 bridgehead atoms. The topological polar surface area (TPSA) is 41.1 Å². The van der Waals surface area contributed by atoms with Crippen LogP contribution in [0.15, 0.2) is 66.7 Å². The average Bonchev–Trinajstić information content (AvgIpc) is 2.68. The quantitative estimate of drug-likeness (QED) is 0.428. The fourth-order valence-electron chi connectivity index (χ4n) is 3.26. The molecule has 0 aliphatic carbocycles. The summed E-state index contributed by atoms with van der Waals surface area (Å²) in [5, 5.41) is 6.38. The Bertz CT molecular complexity index is 1040. The van der Waals surface area contributed by atoms with Gasteiger partial charge in [-0.05, 0) is 69.5 Å². The van der Waals surface area contributed by atoms with E-state index in [0.29, 0.717) is 10.7 Å². The number of urea groups is 1. The third-order valence-corrected chi connectivity index (χ3v) is 5.47. The third kappa shape index (κ3) is 6.11. The molecule has 0 spiro atoms. The second kappa shape index (κ2) is 8.76. The first-order chi connectivity index (χ1) is 14.4. The van der Waals surface area contributed by atoms with Gasteiger partial charge in [0.1, 0.15) is 0 Å². The molecule has 2 N–H and O–H groups in total. The van der Waals surface area contributed by atoms with Crippen LogP contribution in [0.1, 0.15) is 52.7 Å². The zero-order valence-electron chi connectivity index (χ0n) is 19.1. The van der Waals surface area contributed by atoms with Crippen LogP contribution in [0.2, 0.25) is 5.02 Å². The van der Waals surface area contributed by atoms with Gasteiger partial charge in [-0.1, -0.05) is 83.5 Å². The standard InChI is InChI=1S/C27H31ClN2O/c1-26(2,3)20-14-19(15-21(17-20)27(4,5)6)18-8-7-9-24(16-18)30-25(31)29-23-12-10-22(28)11-13-23/h7-17H,1-6H3,(H2,29,30,31). The summed E-state index contributed by atoms with van der Waals surface area (Å²) in [7, 11) is 0. The summed E-state index contributed by atoms with van der Waals surface area (Å²) in [6, 6.07) is 21.5. The van der Waals surface area contributed by atoms with Gasteiger partial charge in [-0.15, -0.1) is 0 Å². The molecular weight excluding hydrogens is 404 g/mol. The summed E-state index contributed by atoms with van der Waals surface area (Å²) < 4.78 is 0. The molecule has 162 valence electrons. The van der Waals surface area contributed by atoms with Gasteiger partial charge in [0, 0.05) is 16.4 Å². The normalized spacial score (nSPS) is 11.8. The van der Waals surface area contributed by atoms with Gasteiger partial charge in [0.2, 0.25) is 0 Å². The summed E-state index contributed by atoms with van der Waals surface area (Å²) in [5.41, 5.74) is 6.34. The van der Waals surface area contributed by atoms with Gasteiger partial charge in [0.15, 0.2) is 0 Å². The number of carbonyl (C=O) groups excluding carboxylic acids is 1. The number of carbonyl (C=O) groups is 1. The lowest BCUT2D eigenvalue weighted by atomic mass is 9.79. The van der Waals surface area contributed by atoms with Crippen LogP contribution in [0.25, 0.3) is 11.1 Å². The van der Waals surface area contributed by atoms with Crippen LogP contribution in [0.5, 0.6) is 0 Å². The van der Waals surface area contributed by atoms with E-state index in [1.54, 1.807) is 24.3 Å². The Balaban J connectivity index is 1.88. The lowest BCUT2D eigenvalue weighted by molar-refractivity contribution is 0.262. The second-order valence-electron chi connectivity index (χ2n) is 9.97. The van der Waals surface area contributed by atoms with E-state index in [1.807, 2.05) is 18.2 Å². The first-order valence-electron chi connectivity index (χ1n) is 10.5. The number of rotatable bonds is 3. The molecule has 0 radical (unpaired) electrons. The van der Waals surface area contributed by atoms with E-state index in [9.17, 15) is 4.79 Å². The number of anilines is 2. The van der Waals surface area contributed by atoms with Gasteiger partial charge in [0.05, 0.1) is 0 Å². The summed E-state index contributed by atoms with van der Waals surface area (Å²) in [5.74, 6) is 0. The maximum Gasteiger partial charge on any atom is 0.323 e. The fraction of sp³-hybridized carbons (Fsp3) is 0.296. The number of nitrogens with one attached hydrogen (secondary N) is 2. The minimum Gasteiger partial charge on any atom is -0.308 e. The molecule has 0 heterocycles. The minimum atomic E-state index is -0.293. The molecule has 0 atom stereocenters. The van der Waals surface area contributed by atoms with E-state index in [0.717, 1.165) is 16.8 Å². The number of benzene rings is 3. The van der Waals surface area contributed by atoms with Crippen LogP contribution in [0, 0.1) is 0 Å². The molecule has 3 aromatic rings. The largest absolute Gasteiger partial charge is 0.323 e. The molecule has 0 saturated carbocycles. The van der Waals surface area contributed by atoms with Gasteiger partial charge >= 0.3 is 6.03 Å². The summed E-state index contributed by atoms with van der Waals surface area (Å²) >= 11 is 5.90. The predicted molar refractivity (Wildman–Crippen MR) is 133 cm³/mol. The average molecular weight is 435 g/mol. The second-order valence-corrected chi connectivity index (χ2v) is 10.4. The van der Waals surface area contributed by atoms with Crippen molar-refractivity contribution in [3.8, 4) is 11.1 Å². The van der Waals surface area contributed by atoms with Crippen molar-refractivity contribution in [2.45, 2.75) is 52.4 Å². The highest BCUT2D eigenvalue weighted by Crippen LogP contribution is 2.34. The van der Waals surface area contributed by atoms with E-state index < -0.39 is 0 Å². The summed E-state index contributed by atoms with van der Waals surface area (Å²) in [4.78, 5) is 12.4. The highest BCUT2D eigenvalue weighted by atomic mass is 35.5. The van der Waals surface area contributed by atoms with Crippen LogP contribution in [0.4, 0.5) is 16.2 Å². The molecule has 3 nitrogen and oxygen atoms in total. The SMILES string of the molecule is CC(C)(C)c1cc(-c2cccc(NC(=O)Nc3ccc(Cl)cc3)c2)cc(C(C)(C)C)c1. The Kier molecular flexibility index (Phi) is 6.47. The smallest absolute Gasteiger partial charge is 0.308 e. The van der Waals surface area contributed by atoms with Gasteiger partial charge in [0.25, 0.3) is 0 Å². The summed E-state index contributed by atoms with van der Waals surface area (Å²) in [6.07, 6.45) is 0. The minimum absolute atomic E-state index is 0.0460. The van der Waals surface area contributed by atoms with Crippen molar-refractivity contribution in [2.24, 2.45) is 0 Å². The maximum absolute atomic E-state index is 12.4. The van der Waals surface area contributed by atoms with Crippen molar-refractivity contribution in [1.82, 2.24) is 0 Å². The van der Waals surface area contributed by atoms with Crippen molar-refractivity contribution in [1.29, 1.82) is 0 Å². The number of amides is 2. The van der Waals surface area contributed by atoms with E-state index >= 15 is 0 Å². The molecule has 4 heteroatoms. The molecular formula is C27H31ClN2O. The highest BCUT2D eigenvalue weighted by molar-refractivity contribution is 6.30. The van der Waals surface area contributed by atoms with Crippen molar-refractivity contribution in [3.63, 3.8) is 0 Å². The van der Waals surface area contributed by atoms with Gasteiger partial charge in [-0.25, -0.2) is 4.79 Å². The number of hydrogen-bond donors (Lipinski definition) is 2. The predicted octanol–water partition coefficient (Wildman–Crippen LogP) is 8.25. The first kappa shape index (κ1) is 22.9. The molecule has 0 aromatic heterocycles. The maximum atomic E-state index is 12.4. The molecule has 3 aromatic carbocycles. The van der Waals surface area contributed by atoms with Crippen LogP contribution in [-0.4, -0.2) is 6.03 Å². The Morgan fingerprint density at radius 3 is 1.77 bits per heavy atom. The molecule has 0 aliphatic rings. The van der Waals surface area contributed by atoms with Crippen LogP contribution >= 0.6 is 11.6 Å². The molecule has 0 unspecified atom stereocenters. The lowest BCUT2D eigenvalue weighted by Gasteiger charge is -2.26. The van der Waals surface area contributed by atoms with Crippen molar-refractivity contribution >= 4 is 29.0 Å². The van der Waals surface area contributed by atoms with E-state index in [4.69, 9.17) is 11.6 Å². The highest BCUT2D eigenvalue weighted by Gasteiger charge is 2.21. The molecule has 0 aliphatic heterocycles. The molecule has 2 amide bonds. The number of halogens is 1. The van der Waals surface area contributed by atoms with Gasteiger partial charge < -0.3 is 10.6 Å². The number of hydrogen-bond acceptors (Lipinski definition) is 1. The Hall–Kier alpha value is -2.78. The molecule has 31 heavy (non-hydrogen) atoms. The van der Waals surface area contributed by atoms with Gasteiger partial charge in [-0.2, -0.15) is 0 Å². The Labute approximate surface area is 190 Å². The fourth-order valence-corrected chi connectivity index (χ4v) is 3.39. The van der Waals surface area contributed by atoms with Crippen LogP contribution in [0.3, 0.4) is 0 Å². The Morgan fingerprint density at radius 1 is 0.677 bits per heavy atom. The van der Waals surface area contributed by atoms with E-state index in [-0.39, 0.29) is 16.9 Å². The molecule has 0 fully saturated rings. The Morgan fingerprint density at radius 2 is 1.23 bits per heavy atom. The monoisotopic (exact) mass is 434 g/mol. The zero-order chi connectivity index (χ0) is 22.8. The van der Waals surface area contributed by atoms with Crippen molar-refractivity contribution < 1.29 is 4.79 Å². The van der Waals surface area contributed by atoms with Crippen molar-refractivity contribution in [2.75, 3.05) is 10.6 Å².